The highest BCUT2D eigenvalue weighted by molar-refractivity contribution is 6.24. The zero-order chi connectivity index (χ0) is 21.5. The van der Waals surface area contributed by atoms with Crippen molar-refractivity contribution in [3.63, 3.8) is 0 Å². The maximum atomic E-state index is 13.7. The van der Waals surface area contributed by atoms with E-state index >= 15 is 0 Å². The molecule has 4 rings (SSSR count). The molecule has 0 radical (unpaired) electrons. The molecular weight excluding hydrogens is 403 g/mol. The summed E-state index contributed by atoms with van der Waals surface area (Å²) in [4.78, 5) is 15.4. The van der Waals surface area contributed by atoms with Crippen LogP contribution in [0, 0.1) is 5.82 Å². The minimum atomic E-state index is -0.951. The summed E-state index contributed by atoms with van der Waals surface area (Å²) in [5.41, 5.74) is 0.229. The number of aromatic nitrogens is 1. The minimum Gasteiger partial charge on any atom is -0.303 e. The van der Waals surface area contributed by atoms with Gasteiger partial charge in [0.25, 0.3) is 0 Å². The molecule has 0 bridgehead atoms. The number of fused-ring (bicyclic) bond motifs is 1. The monoisotopic (exact) mass is 428 g/mol. The Kier molecular flexibility index (Phi) is 5.47. The van der Waals surface area contributed by atoms with Gasteiger partial charge in [0.1, 0.15) is 11.3 Å². The average Bonchev–Trinajstić information content (AvgIpc) is 3.26. The third-order valence-electron chi connectivity index (χ3n) is 6.10. The lowest BCUT2D eigenvalue weighted by Gasteiger charge is -2.44. The van der Waals surface area contributed by atoms with E-state index in [0.717, 1.165) is 22.9 Å². The summed E-state index contributed by atoms with van der Waals surface area (Å²) in [6.07, 6.45) is 2.69. The van der Waals surface area contributed by atoms with E-state index in [0.29, 0.717) is 6.54 Å². The second-order valence-corrected chi connectivity index (χ2v) is 8.10. The van der Waals surface area contributed by atoms with E-state index in [1.807, 2.05) is 62.1 Å². The van der Waals surface area contributed by atoms with Crippen LogP contribution in [0.2, 0.25) is 0 Å². The number of nitrogens with one attached hydrogen (secondary N) is 1. The highest BCUT2D eigenvalue weighted by Gasteiger charge is 2.60. The molecule has 0 spiro atoms. The molecule has 1 saturated heterocycles. The molecule has 1 aliphatic heterocycles. The Morgan fingerprint density at radius 2 is 1.87 bits per heavy atom. The van der Waals surface area contributed by atoms with E-state index in [2.05, 4.69) is 5.32 Å². The van der Waals surface area contributed by atoms with Gasteiger partial charge in [-0.15, -0.1) is 0 Å². The molecule has 2 amide bonds. The maximum Gasteiger partial charge on any atom is 0.342 e. The van der Waals surface area contributed by atoms with E-state index < -0.39 is 11.2 Å². The van der Waals surface area contributed by atoms with Crippen molar-refractivity contribution in [1.82, 2.24) is 14.9 Å². The van der Waals surface area contributed by atoms with Crippen LogP contribution < -0.4 is 10.3 Å². The molecule has 7 heteroatoms. The van der Waals surface area contributed by atoms with Gasteiger partial charge in [0.2, 0.25) is 0 Å². The lowest BCUT2D eigenvalue weighted by Crippen LogP contribution is -2.66. The number of alkyl halides is 1. The van der Waals surface area contributed by atoms with Crippen molar-refractivity contribution in [2.75, 3.05) is 18.6 Å². The van der Waals surface area contributed by atoms with Crippen LogP contribution >= 0.6 is 11.6 Å². The Balaban J connectivity index is 1.91. The third kappa shape index (κ3) is 2.97. The summed E-state index contributed by atoms with van der Waals surface area (Å²) in [5.74, 6) is -0.521. The molecule has 0 saturated carbocycles. The number of hydrogen-bond acceptors (Lipinski definition) is 2. The van der Waals surface area contributed by atoms with E-state index in [-0.39, 0.29) is 17.8 Å². The van der Waals surface area contributed by atoms with Gasteiger partial charge in [-0.1, -0.05) is 55.8 Å². The third-order valence-corrected chi connectivity index (χ3v) is 6.67. The number of rotatable bonds is 6. The molecule has 5 nitrogen and oxygen atoms in total. The molecule has 3 atom stereocenters. The number of carbonyl (C=O) groups is 1. The van der Waals surface area contributed by atoms with E-state index in [1.165, 1.54) is 12.1 Å². The van der Waals surface area contributed by atoms with E-state index in [4.69, 9.17) is 11.6 Å². The van der Waals surface area contributed by atoms with Gasteiger partial charge in [-0.05, 0) is 43.3 Å². The van der Waals surface area contributed by atoms with Gasteiger partial charge in [0.15, 0.2) is 5.66 Å². The Hall–Kier alpha value is -2.57. The standard InChI is InChI=1S/C23H26ClFN4O/c1-4-14-27-21(24)23(26-3,16(2)17-9-11-19(25)12-10-17)29(22(27)30)28-15-13-18-7-5-6-8-20(18)28/h5-13,15-16,21,26H,4,14H2,1-3H3. The van der Waals surface area contributed by atoms with Crippen LogP contribution in [-0.4, -0.2) is 40.4 Å². The zero-order valence-electron chi connectivity index (χ0n) is 17.3. The predicted octanol–water partition coefficient (Wildman–Crippen LogP) is 4.85. The molecule has 30 heavy (non-hydrogen) atoms. The summed E-state index contributed by atoms with van der Waals surface area (Å²) >= 11 is 7.03. The lowest BCUT2D eigenvalue weighted by atomic mass is 9.87. The lowest BCUT2D eigenvalue weighted by molar-refractivity contribution is 0.208. The van der Waals surface area contributed by atoms with E-state index in [9.17, 15) is 9.18 Å². The molecule has 158 valence electrons. The first-order valence-corrected chi connectivity index (χ1v) is 10.6. The van der Waals surface area contributed by atoms with Gasteiger partial charge in [-0.2, -0.15) is 0 Å². The van der Waals surface area contributed by atoms with Gasteiger partial charge >= 0.3 is 6.03 Å². The molecule has 2 aromatic carbocycles. The molecule has 1 fully saturated rings. The quantitative estimate of drug-likeness (QED) is 0.450. The first-order valence-electron chi connectivity index (χ1n) is 10.2. The van der Waals surface area contributed by atoms with Gasteiger partial charge in [0, 0.05) is 24.0 Å². The summed E-state index contributed by atoms with van der Waals surface area (Å²) in [5, 5.41) is 6.13. The molecule has 1 N–H and O–H groups in total. The van der Waals surface area contributed by atoms with Crippen LogP contribution in [-0.2, 0) is 0 Å². The van der Waals surface area contributed by atoms with Crippen molar-refractivity contribution < 1.29 is 9.18 Å². The number of para-hydroxylation sites is 1. The van der Waals surface area contributed by atoms with Crippen LogP contribution in [0.5, 0.6) is 0 Å². The van der Waals surface area contributed by atoms with Crippen LogP contribution in [0.3, 0.4) is 0 Å². The molecule has 3 aromatic rings. The molecule has 1 aromatic heterocycles. The fourth-order valence-corrected chi connectivity index (χ4v) is 5.09. The number of urea groups is 1. The van der Waals surface area contributed by atoms with Gasteiger partial charge in [0.05, 0.1) is 5.52 Å². The predicted molar refractivity (Wildman–Crippen MR) is 119 cm³/mol. The number of carbonyl (C=O) groups excluding carboxylic acids is 1. The summed E-state index contributed by atoms with van der Waals surface area (Å²) in [6.45, 7) is 4.58. The molecule has 3 unspecified atom stereocenters. The van der Waals surface area contributed by atoms with Gasteiger partial charge in [-0.3, -0.25) is 9.99 Å². The van der Waals surface area contributed by atoms with E-state index in [1.54, 1.807) is 22.0 Å². The number of hydrogen-bond donors (Lipinski definition) is 1. The maximum absolute atomic E-state index is 13.7. The second-order valence-electron chi connectivity index (χ2n) is 7.69. The SMILES string of the molecule is CCCN1C(=O)N(n2ccc3ccccc32)C(NC)(C(C)c2ccc(F)cc2)C1Cl. The Labute approximate surface area is 181 Å². The first-order chi connectivity index (χ1) is 14.5. The number of likely N-dealkylation sites (N-methyl/N-ethyl adjacent to an activating group) is 1. The molecule has 1 aliphatic rings. The summed E-state index contributed by atoms with van der Waals surface area (Å²) < 4.78 is 15.4. The Morgan fingerprint density at radius 1 is 1.17 bits per heavy atom. The number of amides is 2. The van der Waals surface area contributed by atoms with Crippen molar-refractivity contribution in [2.45, 2.75) is 37.4 Å². The van der Waals surface area contributed by atoms with Crippen LogP contribution in [0.25, 0.3) is 10.9 Å². The number of benzene rings is 2. The summed E-state index contributed by atoms with van der Waals surface area (Å²) in [7, 11) is 1.82. The largest absolute Gasteiger partial charge is 0.342 e. The van der Waals surface area contributed by atoms with Crippen molar-refractivity contribution in [1.29, 1.82) is 0 Å². The van der Waals surface area contributed by atoms with Crippen molar-refractivity contribution in [3.05, 3.63) is 72.2 Å². The van der Waals surface area contributed by atoms with Gasteiger partial charge in [-0.25, -0.2) is 14.2 Å². The average molecular weight is 429 g/mol. The molecular formula is C23H26ClFN4O. The second kappa shape index (κ2) is 7.93. The zero-order valence-corrected chi connectivity index (χ0v) is 18.1. The highest BCUT2D eigenvalue weighted by Crippen LogP contribution is 2.43. The molecule has 2 heterocycles. The first kappa shape index (κ1) is 20.7. The van der Waals surface area contributed by atoms with Crippen LogP contribution in [0.15, 0.2) is 60.8 Å². The Morgan fingerprint density at radius 3 is 2.53 bits per heavy atom. The number of nitrogens with zero attached hydrogens (tertiary/aromatic N) is 3. The number of halogens is 2. The van der Waals surface area contributed by atoms with Crippen LogP contribution in [0.4, 0.5) is 9.18 Å². The minimum absolute atomic E-state index is 0.165. The molecule has 0 aliphatic carbocycles. The normalized spacial score (nSPS) is 22.8. The van der Waals surface area contributed by atoms with Crippen molar-refractivity contribution in [2.24, 2.45) is 0 Å². The highest BCUT2D eigenvalue weighted by atomic mass is 35.5. The summed E-state index contributed by atoms with van der Waals surface area (Å²) in [6, 6.07) is 16.1. The van der Waals surface area contributed by atoms with Gasteiger partial charge < -0.3 is 4.90 Å². The fraction of sp³-hybridized carbons (Fsp3) is 0.348. The van der Waals surface area contributed by atoms with Crippen molar-refractivity contribution >= 4 is 28.5 Å². The Bertz CT molecular complexity index is 1050. The topological polar surface area (TPSA) is 40.5 Å². The van der Waals surface area contributed by atoms with Crippen molar-refractivity contribution in [3.8, 4) is 0 Å². The van der Waals surface area contributed by atoms with Crippen LogP contribution in [0.1, 0.15) is 31.7 Å². The smallest absolute Gasteiger partial charge is 0.303 e. The fourth-order valence-electron chi connectivity index (χ4n) is 4.52.